The molecule has 0 bridgehead atoms. The molecule has 0 fully saturated rings. The zero-order valence-electron chi connectivity index (χ0n) is 10.2. The first-order valence-electron chi connectivity index (χ1n) is 5.66. The predicted molar refractivity (Wildman–Crippen MR) is 66.2 cm³/mol. The number of carbonyl (C=O) groups is 1. The number of amides is 2. The Bertz CT molecular complexity index is 391. The molecular formula is C12H18FN3O. The molecular weight excluding hydrogens is 221 g/mol. The van der Waals surface area contributed by atoms with E-state index in [1.54, 1.807) is 11.0 Å². The normalized spacial score (nSPS) is 10.1. The highest BCUT2D eigenvalue weighted by Gasteiger charge is 2.11. The van der Waals surface area contributed by atoms with E-state index in [9.17, 15) is 9.18 Å². The fraction of sp³-hybridized carbons (Fsp3) is 0.417. The fourth-order valence-corrected chi connectivity index (χ4v) is 1.49. The number of benzene rings is 1. The zero-order chi connectivity index (χ0) is 12.8. The van der Waals surface area contributed by atoms with Gasteiger partial charge in [0.15, 0.2) is 0 Å². The van der Waals surface area contributed by atoms with E-state index in [-0.39, 0.29) is 18.3 Å². The molecule has 0 saturated carbocycles. The van der Waals surface area contributed by atoms with Crippen molar-refractivity contribution in [1.29, 1.82) is 0 Å². The van der Waals surface area contributed by atoms with Gasteiger partial charge in [-0.25, -0.2) is 9.18 Å². The van der Waals surface area contributed by atoms with Gasteiger partial charge in [0.05, 0.1) is 5.69 Å². The third-order valence-corrected chi connectivity index (χ3v) is 2.56. The first kappa shape index (κ1) is 13.4. The number of hydrogen-bond acceptors (Lipinski definition) is 2. The van der Waals surface area contributed by atoms with E-state index in [2.05, 4.69) is 5.32 Å². The van der Waals surface area contributed by atoms with Crippen LogP contribution in [0.2, 0.25) is 0 Å². The van der Waals surface area contributed by atoms with Crippen LogP contribution in [0.25, 0.3) is 0 Å². The van der Waals surface area contributed by atoms with Crippen LogP contribution in [-0.4, -0.2) is 24.0 Å². The minimum atomic E-state index is -0.464. The standard InChI is InChI=1S/C12H18FN3O/c1-3-16(4-2)12(17)15-11-6-5-9(8-14)7-10(11)13/h5-7H,3-4,8,14H2,1-2H3,(H,15,17). The highest BCUT2D eigenvalue weighted by Crippen LogP contribution is 2.16. The molecule has 4 nitrogen and oxygen atoms in total. The second-order valence-electron chi connectivity index (χ2n) is 3.62. The number of rotatable bonds is 4. The van der Waals surface area contributed by atoms with Gasteiger partial charge in [-0.05, 0) is 31.5 Å². The van der Waals surface area contributed by atoms with E-state index >= 15 is 0 Å². The number of nitrogens with two attached hydrogens (primary N) is 1. The lowest BCUT2D eigenvalue weighted by Gasteiger charge is -2.19. The maximum absolute atomic E-state index is 13.6. The molecule has 0 aromatic heterocycles. The van der Waals surface area contributed by atoms with Gasteiger partial charge in [-0.15, -0.1) is 0 Å². The summed E-state index contributed by atoms with van der Waals surface area (Å²) in [5.41, 5.74) is 6.28. The number of urea groups is 1. The van der Waals surface area contributed by atoms with E-state index < -0.39 is 5.82 Å². The second kappa shape index (κ2) is 6.20. The van der Waals surface area contributed by atoms with Gasteiger partial charge in [-0.1, -0.05) is 6.07 Å². The lowest BCUT2D eigenvalue weighted by molar-refractivity contribution is 0.217. The van der Waals surface area contributed by atoms with Gasteiger partial charge in [0.2, 0.25) is 0 Å². The van der Waals surface area contributed by atoms with Crippen molar-refractivity contribution in [2.24, 2.45) is 5.73 Å². The molecule has 2 amide bonds. The molecule has 0 aliphatic carbocycles. The van der Waals surface area contributed by atoms with Gasteiger partial charge in [0, 0.05) is 19.6 Å². The van der Waals surface area contributed by atoms with Crippen molar-refractivity contribution >= 4 is 11.7 Å². The third-order valence-electron chi connectivity index (χ3n) is 2.56. The minimum absolute atomic E-state index is 0.180. The van der Waals surface area contributed by atoms with Gasteiger partial charge >= 0.3 is 6.03 Å². The quantitative estimate of drug-likeness (QED) is 0.845. The monoisotopic (exact) mass is 239 g/mol. The maximum atomic E-state index is 13.6. The van der Waals surface area contributed by atoms with Crippen molar-refractivity contribution in [3.05, 3.63) is 29.6 Å². The SMILES string of the molecule is CCN(CC)C(=O)Nc1ccc(CN)cc1F. The highest BCUT2D eigenvalue weighted by atomic mass is 19.1. The number of nitrogens with one attached hydrogen (secondary N) is 1. The van der Waals surface area contributed by atoms with E-state index in [0.29, 0.717) is 18.7 Å². The number of hydrogen-bond donors (Lipinski definition) is 2. The molecule has 0 saturated heterocycles. The van der Waals surface area contributed by atoms with Gasteiger partial charge in [0.1, 0.15) is 5.82 Å². The van der Waals surface area contributed by atoms with Crippen LogP contribution in [0.15, 0.2) is 18.2 Å². The molecule has 0 radical (unpaired) electrons. The van der Waals surface area contributed by atoms with Crippen LogP contribution >= 0.6 is 0 Å². The molecule has 0 aliphatic rings. The molecule has 0 aliphatic heterocycles. The maximum Gasteiger partial charge on any atom is 0.321 e. The molecule has 17 heavy (non-hydrogen) atoms. The zero-order valence-corrected chi connectivity index (χ0v) is 10.2. The van der Waals surface area contributed by atoms with Crippen LogP contribution in [0.5, 0.6) is 0 Å². The Morgan fingerprint density at radius 3 is 2.53 bits per heavy atom. The number of halogens is 1. The number of carbonyl (C=O) groups excluding carboxylic acids is 1. The van der Waals surface area contributed by atoms with Crippen LogP contribution in [0.4, 0.5) is 14.9 Å². The van der Waals surface area contributed by atoms with E-state index in [0.717, 1.165) is 0 Å². The smallest absolute Gasteiger partial charge is 0.321 e. The Labute approximate surface area is 101 Å². The van der Waals surface area contributed by atoms with Crippen molar-refractivity contribution in [3.63, 3.8) is 0 Å². The fourth-order valence-electron chi connectivity index (χ4n) is 1.49. The van der Waals surface area contributed by atoms with E-state index in [1.807, 2.05) is 13.8 Å². The van der Waals surface area contributed by atoms with Crippen LogP contribution in [0, 0.1) is 5.82 Å². The van der Waals surface area contributed by atoms with E-state index in [1.165, 1.54) is 12.1 Å². The summed E-state index contributed by atoms with van der Waals surface area (Å²) in [5.74, 6) is -0.464. The Morgan fingerprint density at radius 1 is 1.41 bits per heavy atom. The molecule has 94 valence electrons. The third kappa shape index (κ3) is 3.42. The number of nitrogens with zero attached hydrogens (tertiary/aromatic N) is 1. The summed E-state index contributed by atoms with van der Waals surface area (Å²) >= 11 is 0. The average molecular weight is 239 g/mol. The van der Waals surface area contributed by atoms with Crippen molar-refractivity contribution in [3.8, 4) is 0 Å². The lowest BCUT2D eigenvalue weighted by Crippen LogP contribution is -2.34. The first-order valence-corrected chi connectivity index (χ1v) is 5.66. The van der Waals surface area contributed by atoms with Crippen LogP contribution in [-0.2, 0) is 6.54 Å². The van der Waals surface area contributed by atoms with Gasteiger partial charge < -0.3 is 16.0 Å². The molecule has 5 heteroatoms. The Kier molecular flexibility index (Phi) is 4.90. The van der Waals surface area contributed by atoms with Crippen molar-refractivity contribution < 1.29 is 9.18 Å². The summed E-state index contributed by atoms with van der Waals surface area (Å²) in [7, 11) is 0. The second-order valence-corrected chi connectivity index (χ2v) is 3.62. The predicted octanol–water partition coefficient (Wildman–Crippen LogP) is 2.16. The van der Waals surface area contributed by atoms with Crippen LogP contribution in [0.1, 0.15) is 19.4 Å². The summed E-state index contributed by atoms with van der Waals surface area (Å²) < 4.78 is 13.6. The summed E-state index contributed by atoms with van der Waals surface area (Å²) in [5, 5.41) is 2.53. The van der Waals surface area contributed by atoms with Crippen LogP contribution < -0.4 is 11.1 Å². The largest absolute Gasteiger partial charge is 0.326 e. The Hall–Kier alpha value is -1.62. The summed E-state index contributed by atoms with van der Waals surface area (Å²) in [6, 6.07) is 4.26. The Balaban J connectivity index is 2.78. The van der Waals surface area contributed by atoms with Crippen molar-refractivity contribution in [2.75, 3.05) is 18.4 Å². The Morgan fingerprint density at radius 2 is 2.06 bits per heavy atom. The van der Waals surface area contributed by atoms with Gasteiger partial charge in [-0.3, -0.25) is 0 Å². The molecule has 1 rings (SSSR count). The topological polar surface area (TPSA) is 58.4 Å². The molecule has 0 heterocycles. The van der Waals surface area contributed by atoms with E-state index in [4.69, 9.17) is 5.73 Å². The molecule has 0 unspecified atom stereocenters. The molecule has 0 atom stereocenters. The first-order chi connectivity index (χ1) is 8.12. The average Bonchev–Trinajstić information content (AvgIpc) is 2.33. The summed E-state index contributed by atoms with van der Waals surface area (Å²) in [4.78, 5) is 13.3. The highest BCUT2D eigenvalue weighted by molar-refractivity contribution is 5.89. The molecule has 1 aromatic rings. The molecule has 0 spiro atoms. The summed E-state index contributed by atoms with van der Waals surface area (Å²) in [6.45, 7) is 5.20. The molecule has 3 N–H and O–H groups in total. The molecule has 1 aromatic carbocycles. The van der Waals surface area contributed by atoms with Crippen molar-refractivity contribution in [1.82, 2.24) is 4.90 Å². The van der Waals surface area contributed by atoms with Gasteiger partial charge in [0.25, 0.3) is 0 Å². The van der Waals surface area contributed by atoms with Crippen LogP contribution in [0.3, 0.4) is 0 Å². The van der Waals surface area contributed by atoms with Gasteiger partial charge in [-0.2, -0.15) is 0 Å². The minimum Gasteiger partial charge on any atom is -0.326 e. The lowest BCUT2D eigenvalue weighted by atomic mass is 10.2. The van der Waals surface area contributed by atoms with Crippen molar-refractivity contribution in [2.45, 2.75) is 20.4 Å². The summed E-state index contributed by atoms with van der Waals surface area (Å²) in [6.07, 6.45) is 0. The number of anilines is 1.